The van der Waals surface area contributed by atoms with Crippen molar-refractivity contribution >= 4 is 11.9 Å². The third-order valence-corrected chi connectivity index (χ3v) is 4.40. The zero-order chi connectivity index (χ0) is 17.9. The van der Waals surface area contributed by atoms with Crippen molar-refractivity contribution in [3.63, 3.8) is 0 Å². The molecule has 1 fully saturated rings. The van der Waals surface area contributed by atoms with Crippen LogP contribution >= 0.6 is 0 Å². The van der Waals surface area contributed by atoms with E-state index >= 15 is 0 Å². The fraction of sp³-hybridized carbons (Fsp3) is 0.722. The minimum atomic E-state index is -0.217. The van der Waals surface area contributed by atoms with Crippen LogP contribution in [0.3, 0.4) is 0 Å². The molecule has 1 saturated heterocycles. The van der Waals surface area contributed by atoms with Gasteiger partial charge in [0.15, 0.2) is 0 Å². The average Bonchev–Trinajstić information content (AvgIpc) is 2.98. The maximum atomic E-state index is 13.0. The van der Waals surface area contributed by atoms with Crippen molar-refractivity contribution in [3.05, 3.63) is 17.5 Å². The second-order valence-corrected chi connectivity index (χ2v) is 7.28. The van der Waals surface area contributed by atoms with E-state index in [0.717, 1.165) is 25.0 Å². The zero-order valence-electron chi connectivity index (χ0n) is 15.5. The molecule has 0 aromatic carbocycles. The van der Waals surface area contributed by atoms with Gasteiger partial charge in [-0.3, -0.25) is 14.3 Å². The fourth-order valence-corrected chi connectivity index (χ4v) is 3.26. The van der Waals surface area contributed by atoms with Gasteiger partial charge in [-0.25, -0.2) is 0 Å². The van der Waals surface area contributed by atoms with Crippen molar-refractivity contribution < 1.29 is 14.3 Å². The summed E-state index contributed by atoms with van der Waals surface area (Å²) in [5.74, 6) is -0.446. The largest absolute Gasteiger partial charge is 0.466 e. The van der Waals surface area contributed by atoms with E-state index in [1.54, 1.807) is 18.0 Å². The highest BCUT2D eigenvalue weighted by Gasteiger charge is 2.32. The highest BCUT2D eigenvalue weighted by molar-refractivity contribution is 5.95. The molecule has 0 spiro atoms. The molecule has 1 aliphatic heterocycles. The Bertz CT molecular complexity index is 601. The van der Waals surface area contributed by atoms with E-state index in [1.807, 2.05) is 11.6 Å². The number of nitrogens with zero attached hydrogens (tertiary/aromatic N) is 3. The summed E-state index contributed by atoms with van der Waals surface area (Å²) in [6, 6.07) is 0. The van der Waals surface area contributed by atoms with Gasteiger partial charge in [0.25, 0.3) is 5.91 Å². The number of piperidine rings is 1. The molecule has 0 bridgehead atoms. The van der Waals surface area contributed by atoms with Gasteiger partial charge < -0.3 is 9.64 Å². The molecule has 1 unspecified atom stereocenters. The third-order valence-electron chi connectivity index (χ3n) is 4.40. The van der Waals surface area contributed by atoms with Gasteiger partial charge in [0.1, 0.15) is 0 Å². The maximum Gasteiger partial charge on any atom is 0.310 e. The third kappa shape index (κ3) is 3.79. The summed E-state index contributed by atoms with van der Waals surface area (Å²) in [7, 11) is 0. The molecule has 1 aliphatic rings. The van der Waals surface area contributed by atoms with E-state index in [2.05, 4.69) is 25.9 Å². The summed E-state index contributed by atoms with van der Waals surface area (Å²) in [6.07, 6.45) is 4.02. The van der Waals surface area contributed by atoms with Crippen molar-refractivity contribution in [2.75, 3.05) is 19.7 Å². The molecule has 0 radical (unpaired) electrons. The van der Waals surface area contributed by atoms with E-state index < -0.39 is 0 Å². The van der Waals surface area contributed by atoms with E-state index in [4.69, 9.17) is 4.74 Å². The van der Waals surface area contributed by atoms with Gasteiger partial charge in [-0.2, -0.15) is 5.10 Å². The van der Waals surface area contributed by atoms with Gasteiger partial charge in [0.2, 0.25) is 0 Å². The Morgan fingerprint density at radius 3 is 2.62 bits per heavy atom. The SMILES string of the molecule is CCOC(=O)C1CCCN(C(=O)c2cnn(C(C)(C)C)c2CC)C1. The minimum Gasteiger partial charge on any atom is -0.466 e. The monoisotopic (exact) mass is 335 g/mol. The van der Waals surface area contributed by atoms with Crippen molar-refractivity contribution in [1.29, 1.82) is 0 Å². The van der Waals surface area contributed by atoms with Crippen molar-refractivity contribution in [3.8, 4) is 0 Å². The average molecular weight is 335 g/mol. The molecule has 1 atom stereocenters. The highest BCUT2D eigenvalue weighted by atomic mass is 16.5. The molecule has 6 nitrogen and oxygen atoms in total. The van der Waals surface area contributed by atoms with Gasteiger partial charge in [-0.05, 0) is 47.0 Å². The molecule has 2 rings (SSSR count). The van der Waals surface area contributed by atoms with Crippen LogP contribution in [-0.2, 0) is 21.5 Å². The lowest BCUT2D eigenvalue weighted by atomic mass is 9.97. The lowest BCUT2D eigenvalue weighted by Gasteiger charge is -2.31. The Morgan fingerprint density at radius 2 is 2.04 bits per heavy atom. The standard InChI is InChI=1S/C18H29N3O3/c1-6-15-14(11-19-21(15)18(3,4)5)16(22)20-10-8-9-13(12-20)17(23)24-7-2/h11,13H,6-10,12H2,1-5H3. The van der Waals surface area contributed by atoms with E-state index in [1.165, 1.54) is 0 Å². The molecule has 1 aromatic heterocycles. The molecular weight excluding hydrogens is 306 g/mol. The van der Waals surface area contributed by atoms with Crippen LogP contribution in [0, 0.1) is 5.92 Å². The first kappa shape index (κ1) is 18.5. The second-order valence-electron chi connectivity index (χ2n) is 7.28. The Labute approximate surface area is 144 Å². The van der Waals surface area contributed by atoms with Crippen LogP contribution in [0.15, 0.2) is 6.20 Å². The number of aromatic nitrogens is 2. The molecule has 24 heavy (non-hydrogen) atoms. The fourth-order valence-electron chi connectivity index (χ4n) is 3.26. The van der Waals surface area contributed by atoms with Crippen molar-refractivity contribution in [2.24, 2.45) is 5.92 Å². The summed E-state index contributed by atoms with van der Waals surface area (Å²) in [6.45, 7) is 11.6. The summed E-state index contributed by atoms with van der Waals surface area (Å²) < 4.78 is 7.04. The molecule has 0 aliphatic carbocycles. The summed E-state index contributed by atoms with van der Waals surface area (Å²) in [5, 5.41) is 4.44. The number of amides is 1. The number of hydrogen-bond donors (Lipinski definition) is 0. The highest BCUT2D eigenvalue weighted by Crippen LogP contribution is 2.24. The molecule has 6 heteroatoms. The maximum absolute atomic E-state index is 13.0. The topological polar surface area (TPSA) is 64.4 Å². The summed E-state index contributed by atoms with van der Waals surface area (Å²) >= 11 is 0. The van der Waals surface area contributed by atoms with E-state index in [9.17, 15) is 9.59 Å². The van der Waals surface area contributed by atoms with Crippen LogP contribution in [0.2, 0.25) is 0 Å². The number of carbonyl (C=O) groups excluding carboxylic acids is 2. The lowest BCUT2D eigenvalue weighted by molar-refractivity contribution is -0.149. The Morgan fingerprint density at radius 1 is 1.33 bits per heavy atom. The van der Waals surface area contributed by atoms with Crippen LogP contribution in [0.4, 0.5) is 0 Å². The Kier molecular flexibility index (Phi) is 5.67. The first-order valence-corrected chi connectivity index (χ1v) is 8.82. The predicted octanol–water partition coefficient (Wildman–Crippen LogP) is 2.62. The summed E-state index contributed by atoms with van der Waals surface area (Å²) in [5.41, 5.74) is 1.43. The number of esters is 1. The quantitative estimate of drug-likeness (QED) is 0.794. The molecule has 0 saturated carbocycles. The van der Waals surface area contributed by atoms with E-state index in [0.29, 0.717) is 25.3 Å². The minimum absolute atomic E-state index is 0.0312. The van der Waals surface area contributed by atoms with Crippen LogP contribution in [0.1, 0.15) is 63.5 Å². The van der Waals surface area contributed by atoms with Gasteiger partial charge in [-0.15, -0.1) is 0 Å². The lowest BCUT2D eigenvalue weighted by Crippen LogP contribution is -2.43. The number of likely N-dealkylation sites (tertiary alicyclic amines) is 1. The zero-order valence-corrected chi connectivity index (χ0v) is 15.5. The smallest absolute Gasteiger partial charge is 0.310 e. The van der Waals surface area contributed by atoms with Crippen LogP contribution in [0.25, 0.3) is 0 Å². The molecular formula is C18H29N3O3. The normalized spacial score (nSPS) is 18.5. The van der Waals surface area contributed by atoms with Crippen LogP contribution < -0.4 is 0 Å². The number of hydrogen-bond acceptors (Lipinski definition) is 4. The van der Waals surface area contributed by atoms with Gasteiger partial charge in [0, 0.05) is 13.1 Å². The van der Waals surface area contributed by atoms with Gasteiger partial charge >= 0.3 is 5.97 Å². The number of ether oxygens (including phenoxy) is 1. The molecule has 134 valence electrons. The number of carbonyl (C=O) groups is 2. The number of rotatable bonds is 4. The molecule has 1 amide bonds. The first-order chi connectivity index (χ1) is 11.3. The van der Waals surface area contributed by atoms with Crippen LogP contribution in [-0.4, -0.2) is 46.3 Å². The molecule has 1 aromatic rings. The predicted molar refractivity (Wildman–Crippen MR) is 91.9 cm³/mol. The Hall–Kier alpha value is -1.85. The second kappa shape index (κ2) is 7.36. The van der Waals surface area contributed by atoms with E-state index in [-0.39, 0.29) is 23.3 Å². The molecule has 0 N–H and O–H groups in total. The van der Waals surface area contributed by atoms with Crippen LogP contribution in [0.5, 0.6) is 0 Å². The Balaban J connectivity index is 2.20. The van der Waals surface area contributed by atoms with Crippen molar-refractivity contribution in [2.45, 2.75) is 59.4 Å². The van der Waals surface area contributed by atoms with Gasteiger partial charge in [0.05, 0.1) is 35.5 Å². The molecule has 2 heterocycles. The van der Waals surface area contributed by atoms with Gasteiger partial charge in [-0.1, -0.05) is 6.92 Å². The first-order valence-electron chi connectivity index (χ1n) is 8.82. The summed E-state index contributed by atoms with van der Waals surface area (Å²) in [4.78, 5) is 26.7. The van der Waals surface area contributed by atoms with Crippen molar-refractivity contribution in [1.82, 2.24) is 14.7 Å².